The third kappa shape index (κ3) is 6.52. The molecule has 1 aliphatic rings. The summed E-state index contributed by atoms with van der Waals surface area (Å²) >= 11 is 0. The zero-order valence-corrected chi connectivity index (χ0v) is 13.4. The molecule has 1 aromatic carbocycles. The van der Waals surface area contributed by atoms with Gasteiger partial charge in [-0.25, -0.2) is 0 Å². The summed E-state index contributed by atoms with van der Waals surface area (Å²) in [6, 6.07) is 7.99. The molecule has 0 aliphatic heterocycles. The van der Waals surface area contributed by atoms with Crippen LogP contribution in [0.3, 0.4) is 0 Å². The molecule has 1 aromatic rings. The smallest absolute Gasteiger partial charge is 0.120 e. The van der Waals surface area contributed by atoms with Gasteiger partial charge in [0.05, 0.1) is 12.2 Å². The van der Waals surface area contributed by atoms with E-state index < -0.39 is 0 Å². The van der Waals surface area contributed by atoms with E-state index in [1.54, 1.807) is 0 Å². The van der Waals surface area contributed by atoms with Gasteiger partial charge in [-0.2, -0.15) is 0 Å². The molecule has 2 rings (SSSR count). The van der Waals surface area contributed by atoms with E-state index in [0.717, 1.165) is 24.2 Å². The number of aliphatic hydroxyl groups excluding tert-OH is 1. The Kier molecular flexibility index (Phi) is 7.08. The standard InChI is InChI=1S/C19H30O2/c1-2-3-4-5-6-7-8-12-19(20)16-10-9-11-18(15-16)21-17-13-14-17/h9-11,15,17,19-20H,2-8,12-14H2,1H3. The largest absolute Gasteiger partial charge is 0.490 e. The molecule has 1 unspecified atom stereocenters. The van der Waals surface area contributed by atoms with Crippen molar-refractivity contribution in [3.8, 4) is 5.75 Å². The van der Waals surface area contributed by atoms with Crippen LogP contribution in [0, 0.1) is 0 Å². The predicted octanol–water partition coefficient (Wildman–Crippen LogP) is 5.40. The van der Waals surface area contributed by atoms with Crippen LogP contribution in [0.4, 0.5) is 0 Å². The second kappa shape index (κ2) is 9.09. The van der Waals surface area contributed by atoms with E-state index in [0.29, 0.717) is 6.10 Å². The van der Waals surface area contributed by atoms with Gasteiger partial charge in [0.1, 0.15) is 5.75 Å². The summed E-state index contributed by atoms with van der Waals surface area (Å²) in [6.07, 6.45) is 12.3. The lowest BCUT2D eigenvalue weighted by atomic mass is 10.0. The number of aliphatic hydroxyl groups is 1. The highest BCUT2D eigenvalue weighted by atomic mass is 16.5. The lowest BCUT2D eigenvalue weighted by Crippen LogP contribution is -2.00. The van der Waals surface area contributed by atoms with E-state index in [2.05, 4.69) is 6.92 Å². The van der Waals surface area contributed by atoms with Gasteiger partial charge in [0.2, 0.25) is 0 Å². The van der Waals surface area contributed by atoms with Crippen molar-refractivity contribution in [1.82, 2.24) is 0 Å². The minimum absolute atomic E-state index is 0.344. The minimum atomic E-state index is -0.344. The Labute approximate surface area is 129 Å². The minimum Gasteiger partial charge on any atom is -0.490 e. The van der Waals surface area contributed by atoms with Crippen LogP contribution in [0.5, 0.6) is 5.75 Å². The van der Waals surface area contributed by atoms with Crippen molar-refractivity contribution in [3.05, 3.63) is 29.8 Å². The molecule has 1 atom stereocenters. The summed E-state index contributed by atoms with van der Waals surface area (Å²) < 4.78 is 5.79. The second-order valence-electron chi connectivity index (χ2n) is 6.32. The molecule has 0 radical (unpaired) electrons. The van der Waals surface area contributed by atoms with E-state index in [1.165, 1.54) is 51.4 Å². The van der Waals surface area contributed by atoms with Crippen molar-refractivity contribution in [2.24, 2.45) is 0 Å². The van der Waals surface area contributed by atoms with Crippen molar-refractivity contribution in [2.75, 3.05) is 0 Å². The zero-order chi connectivity index (χ0) is 14.9. The molecular weight excluding hydrogens is 260 g/mol. The van der Waals surface area contributed by atoms with Gasteiger partial charge in [-0.15, -0.1) is 0 Å². The van der Waals surface area contributed by atoms with Gasteiger partial charge in [-0.1, -0.05) is 64.0 Å². The number of benzene rings is 1. The van der Waals surface area contributed by atoms with Gasteiger partial charge < -0.3 is 9.84 Å². The maximum atomic E-state index is 10.3. The van der Waals surface area contributed by atoms with Crippen LogP contribution >= 0.6 is 0 Å². The van der Waals surface area contributed by atoms with Crippen molar-refractivity contribution >= 4 is 0 Å². The molecule has 2 heteroatoms. The average Bonchev–Trinajstić information content (AvgIpc) is 3.30. The lowest BCUT2D eigenvalue weighted by Gasteiger charge is -2.13. The maximum absolute atomic E-state index is 10.3. The maximum Gasteiger partial charge on any atom is 0.120 e. The molecule has 118 valence electrons. The van der Waals surface area contributed by atoms with E-state index in [4.69, 9.17) is 4.74 Å². The SMILES string of the molecule is CCCCCCCCCC(O)c1cccc(OC2CC2)c1. The first-order valence-electron chi connectivity index (χ1n) is 8.74. The fourth-order valence-electron chi connectivity index (χ4n) is 2.63. The van der Waals surface area contributed by atoms with Crippen LogP contribution in [0.25, 0.3) is 0 Å². The zero-order valence-electron chi connectivity index (χ0n) is 13.4. The van der Waals surface area contributed by atoms with E-state index in [9.17, 15) is 5.11 Å². The molecule has 0 heterocycles. The Morgan fingerprint density at radius 3 is 2.52 bits per heavy atom. The Bertz CT molecular complexity index is 398. The number of hydrogen-bond acceptors (Lipinski definition) is 2. The van der Waals surface area contributed by atoms with Crippen LogP contribution in [0.1, 0.15) is 82.8 Å². The van der Waals surface area contributed by atoms with Gasteiger partial charge in [-0.05, 0) is 37.0 Å². The Balaban J connectivity index is 1.64. The molecule has 0 spiro atoms. The van der Waals surface area contributed by atoms with Gasteiger partial charge in [0.25, 0.3) is 0 Å². The van der Waals surface area contributed by atoms with Gasteiger partial charge in [0.15, 0.2) is 0 Å². The van der Waals surface area contributed by atoms with Gasteiger partial charge >= 0.3 is 0 Å². The van der Waals surface area contributed by atoms with E-state index in [1.807, 2.05) is 24.3 Å². The molecule has 0 bridgehead atoms. The Morgan fingerprint density at radius 1 is 1.10 bits per heavy atom. The molecule has 0 aromatic heterocycles. The second-order valence-corrected chi connectivity index (χ2v) is 6.32. The molecule has 2 nitrogen and oxygen atoms in total. The quantitative estimate of drug-likeness (QED) is 0.553. The highest BCUT2D eigenvalue weighted by molar-refractivity contribution is 5.30. The van der Waals surface area contributed by atoms with Crippen LogP contribution in [0.2, 0.25) is 0 Å². The first-order valence-corrected chi connectivity index (χ1v) is 8.74. The number of hydrogen-bond donors (Lipinski definition) is 1. The van der Waals surface area contributed by atoms with Crippen molar-refractivity contribution < 1.29 is 9.84 Å². The van der Waals surface area contributed by atoms with Crippen LogP contribution < -0.4 is 4.74 Å². The number of ether oxygens (including phenoxy) is 1. The first kappa shape index (κ1) is 16.4. The van der Waals surface area contributed by atoms with Crippen molar-refractivity contribution in [3.63, 3.8) is 0 Å². The van der Waals surface area contributed by atoms with Crippen molar-refractivity contribution in [1.29, 1.82) is 0 Å². The Morgan fingerprint density at radius 2 is 1.81 bits per heavy atom. The summed E-state index contributed by atoms with van der Waals surface area (Å²) in [7, 11) is 0. The summed E-state index contributed by atoms with van der Waals surface area (Å²) in [4.78, 5) is 0. The highest BCUT2D eigenvalue weighted by Crippen LogP contribution is 2.29. The van der Waals surface area contributed by atoms with E-state index in [-0.39, 0.29) is 6.10 Å². The molecule has 21 heavy (non-hydrogen) atoms. The van der Waals surface area contributed by atoms with Crippen LogP contribution in [-0.4, -0.2) is 11.2 Å². The van der Waals surface area contributed by atoms with Gasteiger partial charge in [-0.3, -0.25) is 0 Å². The fourth-order valence-corrected chi connectivity index (χ4v) is 2.63. The van der Waals surface area contributed by atoms with E-state index >= 15 is 0 Å². The topological polar surface area (TPSA) is 29.5 Å². The molecule has 1 N–H and O–H groups in total. The summed E-state index contributed by atoms with van der Waals surface area (Å²) in [6.45, 7) is 2.25. The third-order valence-corrected chi connectivity index (χ3v) is 4.15. The molecule has 1 fully saturated rings. The summed E-state index contributed by atoms with van der Waals surface area (Å²) in [5.41, 5.74) is 0.999. The predicted molar refractivity (Wildman–Crippen MR) is 87.7 cm³/mol. The molecule has 1 saturated carbocycles. The average molecular weight is 290 g/mol. The Hall–Kier alpha value is -1.02. The molecular formula is C19H30O2. The fraction of sp³-hybridized carbons (Fsp3) is 0.684. The summed E-state index contributed by atoms with van der Waals surface area (Å²) in [5.74, 6) is 0.911. The van der Waals surface area contributed by atoms with Crippen LogP contribution in [-0.2, 0) is 0 Å². The monoisotopic (exact) mass is 290 g/mol. The number of rotatable bonds is 11. The normalized spacial score (nSPS) is 15.9. The summed E-state index contributed by atoms with van der Waals surface area (Å²) in [5, 5.41) is 10.3. The molecule has 0 saturated heterocycles. The first-order chi connectivity index (χ1) is 10.3. The highest BCUT2D eigenvalue weighted by Gasteiger charge is 2.23. The van der Waals surface area contributed by atoms with Crippen molar-refractivity contribution in [2.45, 2.75) is 83.3 Å². The van der Waals surface area contributed by atoms with Gasteiger partial charge in [0, 0.05) is 0 Å². The third-order valence-electron chi connectivity index (χ3n) is 4.15. The lowest BCUT2D eigenvalue weighted by molar-refractivity contribution is 0.162. The number of unbranched alkanes of at least 4 members (excludes halogenated alkanes) is 6. The molecule has 1 aliphatic carbocycles. The molecule has 0 amide bonds. The van der Waals surface area contributed by atoms with Crippen LogP contribution in [0.15, 0.2) is 24.3 Å².